The fraction of sp³-hybridized carbons (Fsp3) is 0.214. The number of nitrogens with zero attached hydrogens (tertiary/aromatic N) is 2. The van der Waals surface area contributed by atoms with Crippen LogP contribution in [0.25, 0.3) is 22.2 Å². The van der Waals surface area contributed by atoms with Crippen LogP contribution in [-0.2, 0) is 6.54 Å². The number of para-hydroxylation sites is 1. The molecular weight excluding hydrogens is 430 g/mol. The fourth-order valence-electron chi connectivity index (χ4n) is 4.50. The Balaban J connectivity index is 1.32. The second-order valence-corrected chi connectivity index (χ2v) is 9.03. The first-order valence-electron chi connectivity index (χ1n) is 11.4. The van der Waals surface area contributed by atoms with Crippen molar-refractivity contribution in [1.29, 1.82) is 0 Å². The molecule has 4 aromatic rings. The van der Waals surface area contributed by atoms with Gasteiger partial charge in [-0.25, -0.2) is 4.98 Å². The van der Waals surface area contributed by atoms with Gasteiger partial charge < -0.3 is 5.32 Å². The normalized spacial score (nSPS) is 14.9. The zero-order valence-corrected chi connectivity index (χ0v) is 19.1. The number of carbonyl (C=O) groups is 1. The molecule has 0 atom stereocenters. The highest BCUT2D eigenvalue weighted by molar-refractivity contribution is 6.30. The predicted molar refractivity (Wildman–Crippen MR) is 134 cm³/mol. The Morgan fingerprint density at radius 2 is 1.70 bits per heavy atom. The number of aromatic nitrogens is 1. The van der Waals surface area contributed by atoms with Gasteiger partial charge in [0.15, 0.2) is 0 Å². The van der Waals surface area contributed by atoms with Crippen LogP contribution >= 0.6 is 11.6 Å². The second-order valence-electron chi connectivity index (χ2n) is 8.59. The Bertz CT molecular complexity index is 1270. The maximum absolute atomic E-state index is 13.4. The van der Waals surface area contributed by atoms with Gasteiger partial charge in [0.05, 0.1) is 16.8 Å². The standard InChI is InChI=1S/C28H26ClN3O/c29-22-10-6-9-21(17-22)27-18-25(24-11-4-5-12-26(24)31-27)28(33)30-23-13-15-32(16-14-23)19-20-7-2-1-3-8-20/h1-12,17-18,23H,13-16,19H2,(H,30,33). The molecule has 1 aliphatic heterocycles. The third-order valence-corrected chi connectivity index (χ3v) is 6.49. The van der Waals surface area contributed by atoms with Gasteiger partial charge >= 0.3 is 0 Å². The maximum Gasteiger partial charge on any atom is 0.252 e. The number of hydrogen-bond donors (Lipinski definition) is 1. The average molecular weight is 456 g/mol. The SMILES string of the molecule is O=C(NC1CCN(Cc2ccccc2)CC1)c1cc(-c2cccc(Cl)c2)nc2ccccc12. The van der Waals surface area contributed by atoms with Crippen LogP contribution in [0.15, 0.2) is 84.9 Å². The number of pyridine rings is 1. The van der Waals surface area contributed by atoms with Crippen molar-refractivity contribution in [2.45, 2.75) is 25.4 Å². The Morgan fingerprint density at radius 3 is 2.48 bits per heavy atom. The molecule has 0 bridgehead atoms. The van der Waals surface area contributed by atoms with Crippen LogP contribution in [0.2, 0.25) is 5.02 Å². The van der Waals surface area contributed by atoms with Gasteiger partial charge in [0.1, 0.15) is 0 Å². The van der Waals surface area contributed by atoms with E-state index in [2.05, 4.69) is 34.5 Å². The summed E-state index contributed by atoms with van der Waals surface area (Å²) in [7, 11) is 0. The minimum Gasteiger partial charge on any atom is -0.349 e. The van der Waals surface area contributed by atoms with Crippen LogP contribution in [0.3, 0.4) is 0 Å². The second kappa shape index (κ2) is 9.74. The van der Waals surface area contributed by atoms with Gasteiger partial charge in [0.25, 0.3) is 5.91 Å². The Morgan fingerprint density at radius 1 is 0.939 bits per heavy atom. The maximum atomic E-state index is 13.4. The number of nitrogens with one attached hydrogen (secondary N) is 1. The molecule has 2 heterocycles. The number of likely N-dealkylation sites (tertiary alicyclic amines) is 1. The van der Waals surface area contributed by atoms with Gasteiger partial charge in [-0.2, -0.15) is 0 Å². The van der Waals surface area contributed by atoms with Crippen molar-refractivity contribution >= 4 is 28.4 Å². The van der Waals surface area contributed by atoms with Crippen LogP contribution in [0.4, 0.5) is 0 Å². The molecule has 1 aromatic heterocycles. The first-order chi connectivity index (χ1) is 16.2. The molecule has 1 fully saturated rings. The van der Waals surface area contributed by atoms with Crippen molar-refractivity contribution in [2.75, 3.05) is 13.1 Å². The molecule has 1 N–H and O–H groups in total. The zero-order valence-electron chi connectivity index (χ0n) is 18.4. The molecule has 1 saturated heterocycles. The molecule has 1 aliphatic rings. The van der Waals surface area contributed by atoms with E-state index in [-0.39, 0.29) is 11.9 Å². The lowest BCUT2D eigenvalue weighted by molar-refractivity contribution is 0.0910. The van der Waals surface area contributed by atoms with Crippen molar-refractivity contribution in [2.24, 2.45) is 0 Å². The van der Waals surface area contributed by atoms with Gasteiger partial charge in [-0.15, -0.1) is 0 Å². The number of hydrogen-bond acceptors (Lipinski definition) is 3. The van der Waals surface area contributed by atoms with E-state index >= 15 is 0 Å². The summed E-state index contributed by atoms with van der Waals surface area (Å²) in [4.78, 5) is 20.6. The summed E-state index contributed by atoms with van der Waals surface area (Å²) >= 11 is 6.20. The number of rotatable bonds is 5. The van der Waals surface area contributed by atoms with E-state index in [9.17, 15) is 4.79 Å². The topological polar surface area (TPSA) is 45.2 Å². The number of benzene rings is 3. The van der Waals surface area contributed by atoms with Crippen LogP contribution in [0, 0.1) is 0 Å². The van der Waals surface area contributed by atoms with Crippen LogP contribution in [-0.4, -0.2) is 34.9 Å². The summed E-state index contributed by atoms with van der Waals surface area (Å²) in [5.41, 5.74) is 4.44. The lowest BCUT2D eigenvalue weighted by Crippen LogP contribution is -2.44. The highest BCUT2D eigenvalue weighted by Crippen LogP contribution is 2.27. The summed E-state index contributed by atoms with van der Waals surface area (Å²) in [5, 5.41) is 4.79. The lowest BCUT2D eigenvalue weighted by Gasteiger charge is -2.32. The lowest BCUT2D eigenvalue weighted by atomic mass is 10.0. The number of piperidine rings is 1. The highest BCUT2D eigenvalue weighted by atomic mass is 35.5. The van der Waals surface area contributed by atoms with Crippen LogP contribution < -0.4 is 5.32 Å². The van der Waals surface area contributed by atoms with E-state index in [1.54, 1.807) is 0 Å². The molecular formula is C28H26ClN3O. The molecule has 0 unspecified atom stereocenters. The number of fused-ring (bicyclic) bond motifs is 1. The quantitative estimate of drug-likeness (QED) is 0.404. The molecule has 5 rings (SSSR count). The minimum atomic E-state index is -0.0432. The third-order valence-electron chi connectivity index (χ3n) is 6.25. The first-order valence-corrected chi connectivity index (χ1v) is 11.8. The first kappa shape index (κ1) is 21.6. The van der Waals surface area contributed by atoms with Crippen molar-refractivity contribution in [3.8, 4) is 11.3 Å². The van der Waals surface area contributed by atoms with E-state index in [4.69, 9.17) is 16.6 Å². The Labute approximate surface area is 199 Å². The number of amides is 1. The predicted octanol–water partition coefficient (Wildman–Crippen LogP) is 5.95. The average Bonchev–Trinajstić information content (AvgIpc) is 2.85. The fourth-order valence-corrected chi connectivity index (χ4v) is 4.69. The molecule has 5 heteroatoms. The van der Waals surface area contributed by atoms with Gasteiger partial charge in [-0.3, -0.25) is 9.69 Å². The third kappa shape index (κ3) is 5.08. The molecule has 0 aliphatic carbocycles. The van der Waals surface area contributed by atoms with Crippen molar-refractivity contribution < 1.29 is 4.79 Å². The van der Waals surface area contributed by atoms with Crippen molar-refractivity contribution in [3.63, 3.8) is 0 Å². The summed E-state index contributed by atoms with van der Waals surface area (Å²) in [5.74, 6) is -0.0432. The van der Waals surface area contributed by atoms with Gasteiger partial charge in [0, 0.05) is 41.6 Å². The number of halogens is 1. The molecule has 0 radical (unpaired) electrons. The zero-order chi connectivity index (χ0) is 22.6. The summed E-state index contributed by atoms with van der Waals surface area (Å²) in [6.45, 7) is 2.91. The minimum absolute atomic E-state index is 0.0432. The summed E-state index contributed by atoms with van der Waals surface area (Å²) in [6.07, 6.45) is 1.89. The highest BCUT2D eigenvalue weighted by Gasteiger charge is 2.22. The van der Waals surface area contributed by atoms with E-state index in [0.717, 1.165) is 54.6 Å². The van der Waals surface area contributed by atoms with Crippen molar-refractivity contribution in [3.05, 3.63) is 101 Å². The van der Waals surface area contributed by atoms with Gasteiger partial charge in [-0.05, 0) is 42.7 Å². The van der Waals surface area contributed by atoms with E-state index < -0.39 is 0 Å². The number of carbonyl (C=O) groups excluding carboxylic acids is 1. The largest absolute Gasteiger partial charge is 0.349 e. The van der Waals surface area contributed by atoms with E-state index in [1.807, 2.05) is 60.7 Å². The smallest absolute Gasteiger partial charge is 0.252 e. The molecule has 166 valence electrons. The molecule has 0 saturated carbocycles. The summed E-state index contributed by atoms with van der Waals surface area (Å²) in [6, 6.07) is 28.0. The Hall–Kier alpha value is -3.21. The van der Waals surface area contributed by atoms with Crippen LogP contribution in [0.1, 0.15) is 28.8 Å². The van der Waals surface area contributed by atoms with Crippen LogP contribution in [0.5, 0.6) is 0 Å². The van der Waals surface area contributed by atoms with Gasteiger partial charge in [-0.1, -0.05) is 72.3 Å². The molecule has 4 nitrogen and oxygen atoms in total. The monoisotopic (exact) mass is 455 g/mol. The Kier molecular flexibility index (Phi) is 6.38. The summed E-state index contributed by atoms with van der Waals surface area (Å²) < 4.78 is 0. The van der Waals surface area contributed by atoms with E-state index in [1.165, 1.54) is 5.56 Å². The van der Waals surface area contributed by atoms with Crippen molar-refractivity contribution in [1.82, 2.24) is 15.2 Å². The van der Waals surface area contributed by atoms with Gasteiger partial charge in [0.2, 0.25) is 0 Å². The molecule has 1 amide bonds. The van der Waals surface area contributed by atoms with E-state index in [0.29, 0.717) is 10.6 Å². The molecule has 33 heavy (non-hydrogen) atoms. The molecule has 0 spiro atoms. The molecule has 3 aromatic carbocycles.